The largest absolute Gasteiger partial charge is 0.481 e. The average Bonchev–Trinajstić information content (AvgIpc) is 2.37. The van der Waals surface area contributed by atoms with Gasteiger partial charge >= 0.3 is 11.6 Å². The van der Waals surface area contributed by atoms with Gasteiger partial charge in [0.05, 0.1) is 13.2 Å². The molecular formula is C13H13NO6. The third kappa shape index (κ3) is 3.34. The molecule has 2 aromatic rings. The van der Waals surface area contributed by atoms with Crippen molar-refractivity contribution in [3.8, 4) is 5.75 Å². The molecule has 0 atom stereocenters. The molecule has 106 valence electrons. The smallest absolute Gasteiger partial charge is 0.336 e. The first-order chi connectivity index (χ1) is 9.60. The number of rotatable bonds is 6. The maximum Gasteiger partial charge on any atom is 0.336 e. The zero-order chi connectivity index (χ0) is 14.5. The van der Waals surface area contributed by atoms with E-state index in [9.17, 15) is 9.59 Å². The number of fused-ring (bicyclic) bond motifs is 1. The Hall–Kier alpha value is -2.38. The number of hydrogen-bond acceptors (Lipinski definition) is 6. The van der Waals surface area contributed by atoms with Crippen molar-refractivity contribution >= 4 is 16.9 Å². The number of carbonyl (C=O) groups is 1. The molecule has 0 aliphatic rings. The molecule has 0 fully saturated rings. The molecule has 20 heavy (non-hydrogen) atoms. The predicted octanol–water partition coefficient (Wildman–Crippen LogP) is 0.296. The van der Waals surface area contributed by atoms with Gasteiger partial charge < -0.3 is 19.4 Å². The summed E-state index contributed by atoms with van der Waals surface area (Å²) in [5.41, 5.74) is 0.0402. The van der Waals surface area contributed by atoms with Crippen molar-refractivity contribution in [2.45, 2.75) is 6.42 Å². The normalized spacial score (nSPS) is 10.7. The fraction of sp³-hybridized carbons (Fsp3) is 0.231. The Kier molecular flexibility index (Phi) is 4.34. The molecule has 1 aromatic heterocycles. The summed E-state index contributed by atoms with van der Waals surface area (Å²) in [7, 11) is 0. The standard InChI is InChI=1S/C13H13NO6/c15-6-14-7-19-9-1-2-10-8(3-12(16)17)4-13(18)20-11(10)5-9/h1-2,4-5,14-15H,3,6-7H2,(H,16,17). The Balaban J connectivity index is 2.37. The lowest BCUT2D eigenvalue weighted by atomic mass is 10.1. The van der Waals surface area contributed by atoms with E-state index in [1.54, 1.807) is 12.1 Å². The summed E-state index contributed by atoms with van der Waals surface area (Å²) in [6.45, 7) is -0.119. The second kappa shape index (κ2) is 6.18. The van der Waals surface area contributed by atoms with Crippen molar-refractivity contribution in [1.82, 2.24) is 5.32 Å². The highest BCUT2D eigenvalue weighted by Gasteiger charge is 2.10. The number of benzene rings is 1. The van der Waals surface area contributed by atoms with Gasteiger partial charge in [-0.3, -0.25) is 10.1 Å². The zero-order valence-corrected chi connectivity index (χ0v) is 10.5. The molecule has 7 heteroatoms. The molecule has 0 amide bonds. The summed E-state index contributed by atoms with van der Waals surface area (Å²) >= 11 is 0. The van der Waals surface area contributed by atoms with Gasteiger partial charge in [-0.25, -0.2) is 4.79 Å². The highest BCUT2D eigenvalue weighted by atomic mass is 16.5. The Morgan fingerprint density at radius 2 is 2.15 bits per heavy atom. The second-order valence-electron chi connectivity index (χ2n) is 4.02. The number of nitrogens with one attached hydrogen (secondary N) is 1. The summed E-state index contributed by atoms with van der Waals surface area (Å²) in [6, 6.07) is 5.93. The van der Waals surface area contributed by atoms with Crippen molar-refractivity contribution in [3.05, 3.63) is 40.2 Å². The molecule has 1 aromatic carbocycles. The minimum atomic E-state index is -1.02. The van der Waals surface area contributed by atoms with E-state index >= 15 is 0 Å². The predicted molar refractivity (Wildman–Crippen MR) is 69.5 cm³/mol. The molecule has 0 unspecified atom stereocenters. The van der Waals surface area contributed by atoms with Gasteiger partial charge in [0.1, 0.15) is 18.1 Å². The maximum atomic E-state index is 11.4. The summed E-state index contributed by atoms with van der Waals surface area (Å²) in [6.07, 6.45) is -0.256. The molecule has 0 spiro atoms. The second-order valence-corrected chi connectivity index (χ2v) is 4.02. The lowest BCUT2D eigenvalue weighted by Gasteiger charge is -2.08. The molecule has 1 heterocycles. The van der Waals surface area contributed by atoms with E-state index in [1.807, 2.05) is 0 Å². The van der Waals surface area contributed by atoms with Crippen molar-refractivity contribution in [1.29, 1.82) is 0 Å². The van der Waals surface area contributed by atoms with Crippen molar-refractivity contribution < 1.29 is 24.2 Å². The van der Waals surface area contributed by atoms with Gasteiger partial charge in [0.15, 0.2) is 0 Å². The molecule has 7 nitrogen and oxygen atoms in total. The fourth-order valence-corrected chi connectivity index (χ4v) is 1.79. The lowest BCUT2D eigenvalue weighted by molar-refractivity contribution is -0.136. The summed E-state index contributed by atoms with van der Waals surface area (Å²) in [4.78, 5) is 22.2. The van der Waals surface area contributed by atoms with Crippen LogP contribution in [0.4, 0.5) is 0 Å². The first kappa shape index (κ1) is 14.0. The Labute approximate surface area is 113 Å². The van der Waals surface area contributed by atoms with Crippen LogP contribution in [0.15, 0.2) is 33.5 Å². The van der Waals surface area contributed by atoms with E-state index in [0.29, 0.717) is 16.7 Å². The Morgan fingerprint density at radius 3 is 2.85 bits per heavy atom. The van der Waals surface area contributed by atoms with Gasteiger partial charge in [-0.1, -0.05) is 0 Å². The monoisotopic (exact) mass is 279 g/mol. The van der Waals surface area contributed by atoms with E-state index in [0.717, 1.165) is 0 Å². The number of aliphatic carboxylic acids is 1. The number of aliphatic hydroxyl groups excluding tert-OH is 1. The first-order valence-corrected chi connectivity index (χ1v) is 5.83. The fourth-order valence-electron chi connectivity index (χ4n) is 1.79. The summed E-state index contributed by atoms with van der Waals surface area (Å²) in [5.74, 6) is -0.585. The van der Waals surface area contributed by atoms with Crippen LogP contribution in [0.25, 0.3) is 11.0 Å². The average molecular weight is 279 g/mol. The van der Waals surface area contributed by atoms with Gasteiger partial charge in [0, 0.05) is 17.5 Å². The van der Waals surface area contributed by atoms with Crippen molar-refractivity contribution in [3.63, 3.8) is 0 Å². The van der Waals surface area contributed by atoms with Crippen LogP contribution in [0, 0.1) is 0 Å². The quantitative estimate of drug-likeness (QED) is 0.396. The molecular weight excluding hydrogens is 266 g/mol. The van der Waals surface area contributed by atoms with E-state index in [1.165, 1.54) is 12.1 Å². The minimum Gasteiger partial charge on any atom is -0.481 e. The van der Waals surface area contributed by atoms with Crippen LogP contribution in [0.1, 0.15) is 5.56 Å². The third-order valence-electron chi connectivity index (χ3n) is 2.60. The summed E-state index contributed by atoms with van der Waals surface area (Å²) < 4.78 is 10.3. The van der Waals surface area contributed by atoms with E-state index < -0.39 is 11.6 Å². The van der Waals surface area contributed by atoms with E-state index in [2.05, 4.69) is 5.32 Å². The molecule has 0 saturated carbocycles. The topological polar surface area (TPSA) is 109 Å². The Morgan fingerprint density at radius 1 is 1.35 bits per heavy atom. The Bertz CT molecular complexity index is 678. The highest BCUT2D eigenvalue weighted by Crippen LogP contribution is 2.22. The SMILES string of the molecule is O=C(O)Cc1cc(=O)oc2cc(OCNCO)ccc12. The van der Waals surface area contributed by atoms with Crippen molar-refractivity contribution in [2.75, 3.05) is 13.5 Å². The molecule has 0 aliphatic heterocycles. The van der Waals surface area contributed by atoms with Crippen LogP contribution >= 0.6 is 0 Å². The van der Waals surface area contributed by atoms with Crippen LogP contribution in [-0.2, 0) is 11.2 Å². The van der Waals surface area contributed by atoms with Crippen LogP contribution in [0.3, 0.4) is 0 Å². The number of carboxylic acid groups (broad SMARTS) is 1. The third-order valence-corrected chi connectivity index (χ3v) is 2.60. The first-order valence-electron chi connectivity index (χ1n) is 5.83. The lowest BCUT2D eigenvalue weighted by Crippen LogP contribution is -2.20. The zero-order valence-electron chi connectivity index (χ0n) is 10.5. The molecule has 0 bridgehead atoms. The maximum absolute atomic E-state index is 11.4. The van der Waals surface area contributed by atoms with Crippen LogP contribution in [0.5, 0.6) is 5.75 Å². The number of ether oxygens (including phenoxy) is 1. The van der Waals surface area contributed by atoms with Gasteiger partial charge in [-0.2, -0.15) is 0 Å². The van der Waals surface area contributed by atoms with Crippen molar-refractivity contribution in [2.24, 2.45) is 0 Å². The van der Waals surface area contributed by atoms with Gasteiger partial charge in [0.2, 0.25) is 0 Å². The molecule has 0 radical (unpaired) electrons. The van der Waals surface area contributed by atoms with Gasteiger partial charge in [0.25, 0.3) is 0 Å². The number of hydrogen-bond donors (Lipinski definition) is 3. The molecule has 2 rings (SSSR count). The minimum absolute atomic E-state index is 0.0983. The summed E-state index contributed by atoms with van der Waals surface area (Å²) in [5, 5.41) is 20.5. The molecule has 3 N–H and O–H groups in total. The molecule has 0 aliphatic carbocycles. The van der Waals surface area contributed by atoms with E-state index in [-0.39, 0.29) is 25.5 Å². The van der Waals surface area contributed by atoms with Crippen LogP contribution in [-0.4, -0.2) is 29.6 Å². The number of aliphatic hydroxyl groups is 1. The number of carboxylic acids is 1. The molecule has 0 saturated heterocycles. The van der Waals surface area contributed by atoms with E-state index in [4.69, 9.17) is 19.4 Å². The van der Waals surface area contributed by atoms with Crippen LogP contribution in [0.2, 0.25) is 0 Å². The van der Waals surface area contributed by atoms with Gasteiger partial charge in [-0.05, 0) is 17.7 Å². The van der Waals surface area contributed by atoms with Gasteiger partial charge in [-0.15, -0.1) is 0 Å². The highest BCUT2D eigenvalue weighted by molar-refractivity contribution is 5.85. The van der Waals surface area contributed by atoms with Crippen LogP contribution < -0.4 is 15.7 Å².